The lowest BCUT2D eigenvalue weighted by molar-refractivity contribution is 0.265. The minimum Gasteiger partial charge on any atom is -0.395 e. The van der Waals surface area contributed by atoms with Crippen molar-refractivity contribution in [1.82, 2.24) is 9.71 Å². The number of nitrogens with one attached hydrogen (secondary N) is 2. The highest BCUT2D eigenvalue weighted by atomic mass is 32.2. The van der Waals surface area contributed by atoms with Crippen LogP contribution in [-0.2, 0) is 10.0 Å². The predicted molar refractivity (Wildman–Crippen MR) is 90.6 cm³/mol. The van der Waals surface area contributed by atoms with Crippen LogP contribution in [0, 0.1) is 5.82 Å². The molecule has 3 rings (SSSR count). The van der Waals surface area contributed by atoms with E-state index in [4.69, 9.17) is 5.11 Å². The molecule has 0 bridgehead atoms. The molecule has 0 radical (unpaired) electrons. The molecule has 0 aliphatic rings. The molecule has 0 saturated carbocycles. The van der Waals surface area contributed by atoms with Gasteiger partial charge in [-0.1, -0.05) is 12.1 Å². The number of aliphatic hydroxyl groups excluding tert-OH is 1. The van der Waals surface area contributed by atoms with Gasteiger partial charge in [0.1, 0.15) is 5.82 Å². The summed E-state index contributed by atoms with van der Waals surface area (Å²) < 4.78 is 40.0. The Morgan fingerprint density at radius 3 is 2.58 bits per heavy atom. The van der Waals surface area contributed by atoms with Crippen LogP contribution in [-0.4, -0.2) is 31.2 Å². The SMILES string of the molecule is C[C@H](CO)NS(=O)(=O)c1ccc(-c2c[nH]c3cc(F)ccc23)cc1. The van der Waals surface area contributed by atoms with Gasteiger partial charge in [-0.25, -0.2) is 17.5 Å². The van der Waals surface area contributed by atoms with E-state index in [0.29, 0.717) is 5.52 Å². The Balaban J connectivity index is 1.94. The summed E-state index contributed by atoms with van der Waals surface area (Å²) in [6.45, 7) is 1.31. The van der Waals surface area contributed by atoms with Gasteiger partial charge in [-0.05, 0) is 42.8 Å². The summed E-state index contributed by atoms with van der Waals surface area (Å²) in [6, 6.07) is 10.3. The van der Waals surface area contributed by atoms with Crippen molar-refractivity contribution in [2.75, 3.05) is 6.61 Å². The lowest BCUT2D eigenvalue weighted by atomic mass is 10.1. The molecule has 3 N–H and O–H groups in total. The van der Waals surface area contributed by atoms with Crippen molar-refractivity contribution in [2.45, 2.75) is 17.9 Å². The van der Waals surface area contributed by atoms with E-state index >= 15 is 0 Å². The maximum atomic E-state index is 13.3. The van der Waals surface area contributed by atoms with Crippen molar-refractivity contribution in [1.29, 1.82) is 0 Å². The molecule has 3 aromatic rings. The van der Waals surface area contributed by atoms with E-state index in [1.165, 1.54) is 24.3 Å². The van der Waals surface area contributed by atoms with Gasteiger partial charge < -0.3 is 10.1 Å². The molecule has 1 atom stereocenters. The molecule has 2 aromatic carbocycles. The quantitative estimate of drug-likeness (QED) is 0.663. The number of rotatable bonds is 5. The van der Waals surface area contributed by atoms with E-state index in [-0.39, 0.29) is 17.3 Å². The first-order valence-electron chi connectivity index (χ1n) is 7.41. The molecular weight excluding hydrogens is 331 g/mol. The smallest absolute Gasteiger partial charge is 0.240 e. The first kappa shape index (κ1) is 16.6. The minimum atomic E-state index is -3.67. The highest BCUT2D eigenvalue weighted by Gasteiger charge is 2.17. The number of hydrogen-bond donors (Lipinski definition) is 3. The molecule has 1 heterocycles. The molecule has 0 aliphatic carbocycles. The fourth-order valence-electron chi connectivity index (χ4n) is 2.52. The zero-order valence-electron chi connectivity index (χ0n) is 13.0. The Hall–Kier alpha value is -2.22. The van der Waals surface area contributed by atoms with E-state index in [2.05, 4.69) is 9.71 Å². The van der Waals surface area contributed by atoms with E-state index in [1.54, 1.807) is 31.3 Å². The third-order valence-corrected chi connectivity index (χ3v) is 5.36. The minimum absolute atomic E-state index is 0.123. The Kier molecular flexibility index (Phi) is 4.40. The van der Waals surface area contributed by atoms with Gasteiger partial charge in [-0.15, -0.1) is 0 Å². The molecule has 0 amide bonds. The van der Waals surface area contributed by atoms with Crippen LogP contribution in [0.5, 0.6) is 0 Å². The highest BCUT2D eigenvalue weighted by molar-refractivity contribution is 7.89. The van der Waals surface area contributed by atoms with Crippen LogP contribution in [0.15, 0.2) is 53.6 Å². The summed E-state index contributed by atoms with van der Waals surface area (Å²) in [7, 11) is -3.67. The molecule has 0 unspecified atom stereocenters. The number of aromatic nitrogens is 1. The van der Waals surface area contributed by atoms with Crippen molar-refractivity contribution in [3.05, 3.63) is 54.5 Å². The first-order valence-corrected chi connectivity index (χ1v) is 8.89. The number of aliphatic hydroxyl groups is 1. The monoisotopic (exact) mass is 348 g/mol. The Morgan fingerprint density at radius 2 is 1.92 bits per heavy atom. The average Bonchev–Trinajstić information content (AvgIpc) is 2.97. The van der Waals surface area contributed by atoms with Crippen LogP contribution in [0.1, 0.15) is 6.92 Å². The molecule has 126 valence electrons. The first-order chi connectivity index (χ1) is 11.4. The maximum Gasteiger partial charge on any atom is 0.240 e. The third kappa shape index (κ3) is 3.19. The normalized spacial score (nSPS) is 13.3. The van der Waals surface area contributed by atoms with Gasteiger partial charge in [0.05, 0.1) is 11.5 Å². The van der Waals surface area contributed by atoms with Gasteiger partial charge >= 0.3 is 0 Å². The molecule has 0 saturated heterocycles. The van der Waals surface area contributed by atoms with Crippen LogP contribution in [0.4, 0.5) is 4.39 Å². The van der Waals surface area contributed by atoms with Gasteiger partial charge in [-0.2, -0.15) is 0 Å². The predicted octanol–water partition coefficient (Wildman–Crippen LogP) is 2.63. The lowest BCUT2D eigenvalue weighted by Gasteiger charge is -2.11. The molecule has 0 spiro atoms. The largest absolute Gasteiger partial charge is 0.395 e. The number of halogens is 1. The fourth-order valence-corrected chi connectivity index (χ4v) is 3.76. The number of benzene rings is 2. The molecule has 7 heteroatoms. The molecule has 5 nitrogen and oxygen atoms in total. The van der Waals surface area contributed by atoms with Crippen molar-refractivity contribution in [3.63, 3.8) is 0 Å². The number of sulfonamides is 1. The summed E-state index contributed by atoms with van der Waals surface area (Å²) in [6.07, 6.45) is 1.76. The van der Waals surface area contributed by atoms with Crippen LogP contribution in [0.3, 0.4) is 0 Å². The fraction of sp³-hybridized carbons (Fsp3) is 0.176. The molecule has 0 fully saturated rings. The van der Waals surface area contributed by atoms with Crippen molar-refractivity contribution in [3.8, 4) is 11.1 Å². The number of H-pyrrole nitrogens is 1. The van der Waals surface area contributed by atoms with E-state index in [0.717, 1.165) is 16.5 Å². The van der Waals surface area contributed by atoms with Crippen molar-refractivity contribution >= 4 is 20.9 Å². The second-order valence-electron chi connectivity index (χ2n) is 5.62. The Bertz CT molecular complexity index is 965. The van der Waals surface area contributed by atoms with Crippen LogP contribution >= 0.6 is 0 Å². The van der Waals surface area contributed by atoms with Gasteiger partial charge in [0.2, 0.25) is 10.0 Å². The van der Waals surface area contributed by atoms with Gasteiger partial charge in [0, 0.05) is 28.7 Å². The molecular formula is C17H17FN2O3S. The van der Waals surface area contributed by atoms with Crippen LogP contribution in [0.25, 0.3) is 22.0 Å². The zero-order chi connectivity index (χ0) is 17.3. The van der Waals surface area contributed by atoms with Gasteiger partial charge in [0.15, 0.2) is 0 Å². The van der Waals surface area contributed by atoms with Crippen LogP contribution in [0.2, 0.25) is 0 Å². The topological polar surface area (TPSA) is 82.2 Å². The summed E-state index contributed by atoms with van der Waals surface area (Å²) in [4.78, 5) is 3.13. The molecule has 1 aromatic heterocycles. The van der Waals surface area contributed by atoms with Crippen LogP contribution < -0.4 is 4.72 Å². The number of hydrogen-bond acceptors (Lipinski definition) is 3. The summed E-state index contributed by atoms with van der Waals surface area (Å²) in [5.74, 6) is -0.318. The van der Waals surface area contributed by atoms with Gasteiger partial charge in [-0.3, -0.25) is 0 Å². The van der Waals surface area contributed by atoms with Crippen molar-refractivity contribution < 1.29 is 17.9 Å². The van der Waals surface area contributed by atoms with Crippen molar-refractivity contribution in [2.24, 2.45) is 0 Å². The standard InChI is InChI=1S/C17H17FN2O3S/c1-11(10-21)20-24(22,23)14-5-2-12(3-6-14)16-9-19-17-8-13(18)4-7-15(16)17/h2-9,11,19-21H,10H2,1H3/t11-/m1/s1. The second-order valence-corrected chi connectivity index (χ2v) is 7.34. The maximum absolute atomic E-state index is 13.3. The average molecular weight is 348 g/mol. The van der Waals surface area contributed by atoms with Gasteiger partial charge in [0.25, 0.3) is 0 Å². The molecule has 24 heavy (non-hydrogen) atoms. The number of fused-ring (bicyclic) bond motifs is 1. The molecule has 0 aliphatic heterocycles. The number of aromatic amines is 1. The summed E-state index contributed by atoms with van der Waals surface area (Å²) >= 11 is 0. The lowest BCUT2D eigenvalue weighted by Crippen LogP contribution is -2.34. The highest BCUT2D eigenvalue weighted by Crippen LogP contribution is 2.29. The Labute approximate surface area is 139 Å². The zero-order valence-corrected chi connectivity index (χ0v) is 13.8. The summed E-state index contributed by atoms with van der Waals surface area (Å²) in [5.41, 5.74) is 2.37. The van der Waals surface area contributed by atoms with E-state index in [1.807, 2.05) is 0 Å². The Morgan fingerprint density at radius 1 is 1.21 bits per heavy atom. The third-order valence-electron chi connectivity index (χ3n) is 3.75. The van der Waals surface area contributed by atoms with E-state index < -0.39 is 16.1 Å². The second kappa shape index (κ2) is 6.35. The van der Waals surface area contributed by atoms with E-state index in [9.17, 15) is 12.8 Å². The summed E-state index contributed by atoms with van der Waals surface area (Å²) in [5, 5.41) is 9.84.